The van der Waals surface area contributed by atoms with E-state index in [0.29, 0.717) is 0 Å². The maximum atomic E-state index is 13.4. The molecule has 0 aliphatic carbocycles. The van der Waals surface area contributed by atoms with E-state index in [4.69, 9.17) is 5.73 Å². The van der Waals surface area contributed by atoms with Gasteiger partial charge in [0.05, 0.1) is 18.8 Å². The average molecular weight is 293 g/mol. The van der Waals surface area contributed by atoms with Gasteiger partial charge in [0.1, 0.15) is 5.82 Å². The topological polar surface area (TPSA) is 58.4 Å². The normalized spacial score (nSPS) is 11.7. The highest BCUT2D eigenvalue weighted by molar-refractivity contribution is 5.92. The molecular weight excluding hydrogens is 278 g/mol. The molecular formula is C12H15F4N3O. The molecule has 3 N–H and O–H groups in total. The quantitative estimate of drug-likeness (QED) is 0.646. The highest BCUT2D eigenvalue weighted by Gasteiger charge is 2.30. The molecule has 0 aliphatic rings. The van der Waals surface area contributed by atoms with Gasteiger partial charge in [-0.3, -0.25) is 9.69 Å². The van der Waals surface area contributed by atoms with Crippen LogP contribution in [0.2, 0.25) is 0 Å². The largest absolute Gasteiger partial charge is 0.401 e. The first-order valence-corrected chi connectivity index (χ1v) is 5.85. The van der Waals surface area contributed by atoms with Crippen LogP contribution in [0.5, 0.6) is 0 Å². The molecule has 0 spiro atoms. The molecule has 0 bridgehead atoms. The first-order valence-electron chi connectivity index (χ1n) is 5.85. The van der Waals surface area contributed by atoms with Gasteiger partial charge in [-0.25, -0.2) is 4.39 Å². The van der Waals surface area contributed by atoms with Gasteiger partial charge >= 0.3 is 6.18 Å². The molecule has 1 amide bonds. The van der Waals surface area contributed by atoms with Crippen molar-refractivity contribution in [3.63, 3.8) is 0 Å². The van der Waals surface area contributed by atoms with E-state index in [9.17, 15) is 22.4 Å². The molecule has 1 aromatic carbocycles. The van der Waals surface area contributed by atoms with Crippen LogP contribution >= 0.6 is 0 Å². The van der Waals surface area contributed by atoms with Crippen LogP contribution in [0.4, 0.5) is 28.9 Å². The number of nitrogen functional groups attached to an aromatic ring is 1. The summed E-state index contributed by atoms with van der Waals surface area (Å²) in [5.41, 5.74) is 5.52. The lowest BCUT2D eigenvalue weighted by atomic mass is 10.2. The summed E-state index contributed by atoms with van der Waals surface area (Å²) in [5.74, 6) is -1.44. The monoisotopic (exact) mass is 293 g/mol. The SMILES string of the molecule is CCN(CC(=O)Nc1cc(N)ccc1F)CC(F)(F)F. The number of anilines is 2. The molecule has 0 unspecified atom stereocenters. The van der Waals surface area contributed by atoms with Crippen LogP contribution in [0.1, 0.15) is 6.92 Å². The summed E-state index contributed by atoms with van der Waals surface area (Å²) in [7, 11) is 0. The molecule has 1 rings (SSSR count). The van der Waals surface area contributed by atoms with Crippen molar-refractivity contribution in [1.29, 1.82) is 0 Å². The van der Waals surface area contributed by atoms with E-state index in [-0.39, 0.29) is 17.9 Å². The maximum Gasteiger partial charge on any atom is 0.401 e. The molecule has 1 aromatic rings. The summed E-state index contributed by atoms with van der Waals surface area (Å²) in [6.45, 7) is -0.132. The number of carbonyl (C=O) groups is 1. The second kappa shape index (κ2) is 6.56. The minimum atomic E-state index is -4.39. The number of halogens is 4. The number of nitrogens with zero attached hydrogens (tertiary/aromatic N) is 1. The van der Waals surface area contributed by atoms with Crippen molar-refractivity contribution >= 4 is 17.3 Å². The minimum Gasteiger partial charge on any atom is -0.399 e. The van der Waals surface area contributed by atoms with Crippen LogP contribution in [0.15, 0.2) is 18.2 Å². The molecule has 4 nitrogen and oxygen atoms in total. The summed E-state index contributed by atoms with van der Waals surface area (Å²) >= 11 is 0. The molecule has 0 radical (unpaired) electrons. The van der Waals surface area contributed by atoms with Crippen molar-refractivity contribution in [2.45, 2.75) is 13.1 Å². The van der Waals surface area contributed by atoms with Crippen molar-refractivity contribution in [3.05, 3.63) is 24.0 Å². The van der Waals surface area contributed by atoms with E-state index in [1.54, 1.807) is 0 Å². The summed E-state index contributed by atoms with van der Waals surface area (Å²) in [4.78, 5) is 12.5. The highest BCUT2D eigenvalue weighted by atomic mass is 19.4. The number of nitrogens with one attached hydrogen (secondary N) is 1. The fourth-order valence-corrected chi connectivity index (χ4v) is 1.56. The molecule has 0 saturated heterocycles. The van der Waals surface area contributed by atoms with Gasteiger partial charge in [-0.2, -0.15) is 13.2 Å². The standard InChI is InChI=1S/C12H15F4N3O/c1-2-19(7-12(14,15)16)6-11(20)18-10-5-8(17)3-4-9(10)13/h3-5H,2,6-7,17H2,1H3,(H,18,20). The summed E-state index contributed by atoms with van der Waals surface area (Å²) in [6.07, 6.45) is -4.39. The smallest absolute Gasteiger partial charge is 0.399 e. The Hall–Kier alpha value is -1.83. The Kier molecular flexibility index (Phi) is 5.32. The lowest BCUT2D eigenvalue weighted by molar-refractivity contribution is -0.147. The van der Waals surface area contributed by atoms with E-state index in [1.807, 2.05) is 0 Å². The first kappa shape index (κ1) is 16.2. The molecule has 0 saturated carbocycles. The Morgan fingerprint density at radius 2 is 2.05 bits per heavy atom. The maximum absolute atomic E-state index is 13.4. The lowest BCUT2D eigenvalue weighted by Crippen LogP contribution is -2.39. The Bertz CT molecular complexity index is 476. The fourth-order valence-electron chi connectivity index (χ4n) is 1.56. The van der Waals surface area contributed by atoms with Crippen LogP contribution in [0.25, 0.3) is 0 Å². The van der Waals surface area contributed by atoms with E-state index in [2.05, 4.69) is 5.32 Å². The Morgan fingerprint density at radius 3 is 2.60 bits per heavy atom. The first-order chi connectivity index (χ1) is 9.21. The molecule has 0 heterocycles. The van der Waals surface area contributed by atoms with E-state index >= 15 is 0 Å². The van der Waals surface area contributed by atoms with Gasteiger partial charge in [-0.05, 0) is 24.7 Å². The number of amides is 1. The Morgan fingerprint density at radius 1 is 1.40 bits per heavy atom. The van der Waals surface area contributed by atoms with Crippen LogP contribution in [-0.4, -0.2) is 36.6 Å². The van der Waals surface area contributed by atoms with Crippen molar-refractivity contribution in [2.24, 2.45) is 0 Å². The van der Waals surface area contributed by atoms with Gasteiger partial charge in [0.15, 0.2) is 0 Å². The number of alkyl halides is 3. The van der Waals surface area contributed by atoms with E-state index in [0.717, 1.165) is 11.0 Å². The molecule has 112 valence electrons. The zero-order chi connectivity index (χ0) is 15.3. The number of hydrogen-bond acceptors (Lipinski definition) is 3. The van der Waals surface area contributed by atoms with Crippen LogP contribution < -0.4 is 11.1 Å². The van der Waals surface area contributed by atoms with Gasteiger partial charge in [0.2, 0.25) is 5.91 Å². The van der Waals surface area contributed by atoms with Crippen LogP contribution in [0.3, 0.4) is 0 Å². The van der Waals surface area contributed by atoms with Gasteiger partial charge in [-0.1, -0.05) is 6.92 Å². The fraction of sp³-hybridized carbons (Fsp3) is 0.417. The summed E-state index contributed by atoms with van der Waals surface area (Å²) in [5, 5.41) is 2.20. The van der Waals surface area contributed by atoms with Crippen molar-refractivity contribution in [3.8, 4) is 0 Å². The Balaban J connectivity index is 2.64. The van der Waals surface area contributed by atoms with Gasteiger partial charge in [0.25, 0.3) is 0 Å². The van der Waals surface area contributed by atoms with Gasteiger partial charge in [0, 0.05) is 5.69 Å². The molecule has 0 fully saturated rings. The third-order valence-corrected chi connectivity index (χ3v) is 2.48. The van der Waals surface area contributed by atoms with Crippen molar-refractivity contribution in [2.75, 3.05) is 30.7 Å². The molecule has 0 aromatic heterocycles. The second-order valence-electron chi connectivity index (χ2n) is 4.21. The number of likely N-dealkylation sites (N-methyl/N-ethyl adjacent to an activating group) is 1. The number of carbonyl (C=O) groups excluding carboxylic acids is 1. The molecule has 8 heteroatoms. The minimum absolute atomic E-state index is 0.0480. The zero-order valence-corrected chi connectivity index (χ0v) is 10.8. The molecule has 0 atom stereocenters. The second-order valence-corrected chi connectivity index (χ2v) is 4.21. The predicted molar refractivity (Wildman–Crippen MR) is 67.6 cm³/mol. The third-order valence-electron chi connectivity index (χ3n) is 2.48. The van der Waals surface area contributed by atoms with Crippen molar-refractivity contribution < 1.29 is 22.4 Å². The zero-order valence-electron chi connectivity index (χ0n) is 10.8. The average Bonchev–Trinajstić information content (AvgIpc) is 2.31. The lowest BCUT2D eigenvalue weighted by Gasteiger charge is -2.21. The number of rotatable bonds is 5. The van der Waals surface area contributed by atoms with Crippen LogP contribution in [-0.2, 0) is 4.79 Å². The van der Waals surface area contributed by atoms with Crippen LogP contribution in [0, 0.1) is 5.82 Å². The summed E-state index contributed by atoms with van der Waals surface area (Å²) in [6, 6.07) is 3.58. The Labute approximate surface area is 113 Å². The third kappa shape index (κ3) is 5.43. The molecule has 0 aliphatic heterocycles. The molecule has 20 heavy (non-hydrogen) atoms. The van der Waals surface area contributed by atoms with Gasteiger partial charge in [-0.15, -0.1) is 0 Å². The number of benzene rings is 1. The predicted octanol–water partition coefficient (Wildman–Crippen LogP) is 2.23. The highest BCUT2D eigenvalue weighted by Crippen LogP contribution is 2.18. The van der Waals surface area contributed by atoms with Crippen molar-refractivity contribution in [1.82, 2.24) is 4.90 Å². The number of hydrogen-bond donors (Lipinski definition) is 2. The summed E-state index contributed by atoms with van der Waals surface area (Å²) < 4.78 is 50.1. The van der Waals surface area contributed by atoms with E-state index < -0.39 is 31.0 Å². The van der Waals surface area contributed by atoms with E-state index in [1.165, 1.54) is 19.1 Å². The number of nitrogens with two attached hydrogens (primary N) is 1. The van der Waals surface area contributed by atoms with Gasteiger partial charge < -0.3 is 11.1 Å².